The molecule has 0 aliphatic rings. The third-order valence-corrected chi connectivity index (χ3v) is 1.77. The van der Waals surface area contributed by atoms with Gasteiger partial charge in [0.25, 0.3) is 0 Å². The van der Waals surface area contributed by atoms with Gasteiger partial charge in [0.15, 0.2) is 0 Å². The lowest BCUT2D eigenvalue weighted by Crippen LogP contribution is -2.26. The Kier molecular flexibility index (Phi) is 6.90. The zero-order valence-electron chi connectivity index (χ0n) is 7.90. The molecule has 12 heavy (non-hydrogen) atoms. The summed E-state index contributed by atoms with van der Waals surface area (Å²) in [6.45, 7) is 6.39. The fourth-order valence-corrected chi connectivity index (χ4v) is 1.24. The summed E-state index contributed by atoms with van der Waals surface area (Å²) < 4.78 is 4.63. The van der Waals surface area contributed by atoms with Crippen molar-refractivity contribution in [1.29, 1.82) is 0 Å². The summed E-state index contributed by atoms with van der Waals surface area (Å²) in [6.07, 6.45) is 0. The van der Waals surface area contributed by atoms with Gasteiger partial charge >= 0.3 is 8.60 Å². The monoisotopic (exact) mass is 195 g/mol. The second-order valence-electron chi connectivity index (χ2n) is 3.24. The smallest absolute Gasteiger partial charge is 0.327 e. The zero-order valence-corrected chi connectivity index (χ0v) is 8.79. The van der Waals surface area contributed by atoms with Crippen LogP contribution in [0, 0.1) is 5.92 Å². The van der Waals surface area contributed by atoms with Gasteiger partial charge in [-0.15, -0.1) is 0 Å². The average Bonchev–Trinajstić information content (AvgIpc) is 1.84. The van der Waals surface area contributed by atoms with Crippen LogP contribution in [0.3, 0.4) is 0 Å². The molecule has 0 spiro atoms. The van der Waals surface area contributed by atoms with Crippen LogP contribution in [-0.4, -0.2) is 41.4 Å². The number of nitrogens with zero attached hydrogens (tertiary/aromatic N) is 1. The summed E-state index contributed by atoms with van der Waals surface area (Å²) in [5.74, 6) is 0.625. The van der Waals surface area contributed by atoms with Crippen LogP contribution in [0.5, 0.6) is 0 Å². The average molecular weight is 195 g/mol. The van der Waals surface area contributed by atoms with E-state index in [2.05, 4.69) is 23.3 Å². The van der Waals surface area contributed by atoms with Crippen molar-refractivity contribution in [2.75, 3.05) is 26.7 Å². The van der Waals surface area contributed by atoms with Crippen molar-refractivity contribution >= 4 is 8.60 Å². The van der Waals surface area contributed by atoms with E-state index >= 15 is 0 Å². The van der Waals surface area contributed by atoms with Crippen molar-refractivity contribution < 1.29 is 14.3 Å². The van der Waals surface area contributed by atoms with Gasteiger partial charge in [-0.3, -0.25) is 0 Å². The molecule has 0 fully saturated rings. The Bertz CT molecular complexity index is 111. The zero-order chi connectivity index (χ0) is 9.56. The summed E-state index contributed by atoms with van der Waals surface area (Å²) in [6, 6.07) is 0. The Hall–Kier alpha value is 0.270. The summed E-state index contributed by atoms with van der Waals surface area (Å²) in [5, 5.41) is 0. The highest BCUT2D eigenvalue weighted by molar-refractivity contribution is 7.39. The molecule has 0 bridgehead atoms. The van der Waals surface area contributed by atoms with E-state index in [4.69, 9.17) is 9.79 Å². The molecule has 0 radical (unpaired) electrons. The Balaban J connectivity index is 3.25. The van der Waals surface area contributed by atoms with E-state index in [9.17, 15) is 0 Å². The molecule has 5 heteroatoms. The molecular weight excluding hydrogens is 177 g/mol. The van der Waals surface area contributed by atoms with E-state index in [1.54, 1.807) is 0 Å². The largest absolute Gasteiger partial charge is 0.328 e. The normalized spacial score (nSPS) is 12.0. The number of hydrogen-bond donors (Lipinski definition) is 2. The third-order valence-electron chi connectivity index (χ3n) is 1.36. The molecule has 0 amide bonds. The van der Waals surface area contributed by atoms with Crippen LogP contribution in [-0.2, 0) is 4.52 Å². The summed E-state index contributed by atoms with van der Waals surface area (Å²) in [5.41, 5.74) is 0. The van der Waals surface area contributed by atoms with E-state index in [0.717, 1.165) is 13.1 Å². The molecule has 0 unspecified atom stereocenters. The van der Waals surface area contributed by atoms with E-state index in [1.807, 2.05) is 7.05 Å². The van der Waals surface area contributed by atoms with Gasteiger partial charge in [-0.05, 0) is 13.0 Å². The van der Waals surface area contributed by atoms with Gasteiger partial charge in [0.1, 0.15) is 0 Å². The van der Waals surface area contributed by atoms with E-state index in [0.29, 0.717) is 12.5 Å². The van der Waals surface area contributed by atoms with Crippen molar-refractivity contribution in [3.05, 3.63) is 0 Å². The van der Waals surface area contributed by atoms with Crippen LogP contribution in [0.4, 0.5) is 0 Å². The minimum atomic E-state index is -2.18. The Labute approximate surface area is 75.2 Å². The van der Waals surface area contributed by atoms with Gasteiger partial charge < -0.3 is 19.2 Å². The maximum absolute atomic E-state index is 8.43. The molecule has 4 nitrogen and oxygen atoms in total. The van der Waals surface area contributed by atoms with Crippen LogP contribution >= 0.6 is 8.60 Å². The SMILES string of the molecule is CC(C)CN(C)CCOP(O)O. The third kappa shape index (κ3) is 8.37. The number of rotatable bonds is 6. The predicted octanol–water partition coefficient (Wildman–Crippen LogP) is 0.802. The second-order valence-corrected chi connectivity index (χ2v) is 4.01. The fraction of sp³-hybridized carbons (Fsp3) is 1.00. The van der Waals surface area contributed by atoms with Crippen LogP contribution in [0.1, 0.15) is 13.8 Å². The molecule has 74 valence electrons. The molecule has 0 saturated carbocycles. The van der Waals surface area contributed by atoms with Gasteiger partial charge in [0.05, 0.1) is 6.61 Å². The molecule has 0 atom stereocenters. The Morgan fingerprint density at radius 1 is 1.42 bits per heavy atom. The molecule has 0 aromatic rings. The highest BCUT2D eigenvalue weighted by atomic mass is 31.2. The number of hydrogen-bond acceptors (Lipinski definition) is 4. The molecule has 0 saturated heterocycles. The van der Waals surface area contributed by atoms with Gasteiger partial charge in [0.2, 0.25) is 0 Å². The first-order valence-electron chi connectivity index (χ1n) is 4.01. The minimum absolute atomic E-state index is 0.377. The minimum Gasteiger partial charge on any atom is -0.328 e. The van der Waals surface area contributed by atoms with Crippen molar-refractivity contribution in [3.63, 3.8) is 0 Å². The van der Waals surface area contributed by atoms with Crippen molar-refractivity contribution in [2.45, 2.75) is 13.8 Å². The molecule has 2 N–H and O–H groups in total. The van der Waals surface area contributed by atoms with Crippen molar-refractivity contribution in [2.24, 2.45) is 5.92 Å². The van der Waals surface area contributed by atoms with Gasteiger partial charge in [-0.25, -0.2) is 0 Å². The first-order valence-corrected chi connectivity index (χ1v) is 5.18. The number of likely N-dealkylation sites (N-methyl/N-ethyl adjacent to an activating group) is 1. The summed E-state index contributed by atoms with van der Waals surface area (Å²) >= 11 is 0. The van der Waals surface area contributed by atoms with Gasteiger partial charge in [0, 0.05) is 13.1 Å². The molecular formula is C7H18NO3P. The Morgan fingerprint density at radius 3 is 2.42 bits per heavy atom. The molecule has 0 aromatic carbocycles. The second kappa shape index (κ2) is 6.75. The van der Waals surface area contributed by atoms with Crippen molar-refractivity contribution in [3.8, 4) is 0 Å². The van der Waals surface area contributed by atoms with Crippen LogP contribution in [0.15, 0.2) is 0 Å². The van der Waals surface area contributed by atoms with E-state index in [-0.39, 0.29) is 0 Å². The highest BCUT2D eigenvalue weighted by Gasteiger charge is 2.03. The topological polar surface area (TPSA) is 52.9 Å². The van der Waals surface area contributed by atoms with Crippen LogP contribution < -0.4 is 0 Å². The fourth-order valence-electron chi connectivity index (χ4n) is 0.993. The lowest BCUT2D eigenvalue weighted by Gasteiger charge is -2.18. The standard InChI is InChI=1S/C7H18NO3P/c1-7(2)6-8(3)4-5-11-12(9)10/h7,9-10H,4-6H2,1-3H3. The molecule has 0 rings (SSSR count). The van der Waals surface area contributed by atoms with Crippen LogP contribution in [0.25, 0.3) is 0 Å². The first kappa shape index (κ1) is 12.3. The molecule has 0 aliphatic heterocycles. The molecule has 0 aromatic heterocycles. The van der Waals surface area contributed by atoms with E-state index in [1.165, 1.54) is 0 Å². The highest BCUT2D eigenvalue weighted by Crippen LogP contribution is 2.23. The van der Waals surface area contributed by atoms with Crippen molar-refractivity contribution in [1.82, 2.24) is 4.90 Å². The lowest BCUT2D eigenvalue weighted by molar-refractivity contribution is 0.201. The summed E-state index contributed by atoms with van der Waals surface area (Å²) in [4.78, 5) is 19.0. The van der Waals surface area contributed by atoms with E-state index < -0.39 is 8.60 Å². The Morgan fingerprint density at radius 2 is 2.00 bits per heavy atom. The quantitative estimate of drug-likeness (QED) is 0.615. The first-order chi connectivity index (χ1) is 5.52. The predicted molar refractivity (Wildman–Crippen MR) is 49.6 cm³/mol. The van der Waals surface area contributed by atoms with Gasteiger partial charge in [-0.2, -0.15) is 0 Å². The lowest BCUT2D eigenvalue weighted by atomic mass is 10.2. The molecule has 0 aliphatic carbocycles. The van der Waals surface area contributed by atoms with Gasteiger partial charge in [-0.1, -0.05) is 13.8 Å². The van der Waals surface area contributed by atoms with Crippen LogP contribution in [0.2, 0.25) is 0 Å². The maximum atomic E-state index is 8.43. The maximum Gasteiger partial charge on any atom is 0.327 e. The molecule has 0 heterocycles. The summed E-state index contributed by atoms with van der Waals surface area (Å²) in [7, 11) is -0.192.